The first kappa shape index (κ1) is 29.5. The molecule has 2 aromatic rings. The third-order valence-electron chi connectivity index (χ3n) is 4.36. The van der Waals surface area contributed by atoms with Crippen LogP contribution in [-0.4, -0.2) is 84.7 Å². The second kappa shape index (κ2) is 17.8. The van der Waals surface area contributed by atoms with E-state index in [0.717, 1.165) is 4.90 Å². The first-order chi connectivity index (χ1) is 16.5. The Morgan fingerprint density at radius 1 is 1.21 bits per heavy atom. The number of nitrogens with zero attached hydrogens (tertiary/aromatic N) is 3. The van der Waals surface area contributed by atoms with Gasteiger partial charge in [0.05, 0.1) is 25.5 Å². The Morgan fingerprint density at radius 2 is 2.00 bits per heavy atom. The van der Waals surface area contributed by atoms with Gasteiger partial charge in [0.2, 0.25) is 6.41 Å². The summed E-state index contributed by atoms with van der Waals surface area (Å²) in [5, 5.41) is 11.4. The molecule has 0 fully saturated rings. The second-order valence-electron chi connectivity index (χ2n) is 6.87. The van der Waals surface area contributed by atoms with Crippen LogP contribution in [-0.2, 0) is 14.3 Å². The van der Waals surface area contributed by atoms with Gasteiger partial charge in [-0.2, -0.15) is 0 Å². The number of amides is 2. The second-order valence-corrected chi connectivity index (χ2v) is 8.04. The lowest BCUT2D eigenvalue weighted by molar-refractivity contribution is -0.129. The number of pyridine rings is 1. The SMILES string of the molecule is CC.CN(CCOCCNC=O)CCN(CC(=O)NO)Sc1ccc(-c2cccc(F)c2)nc1. The van der Waals surface area contributed by atoms with E-state index in [4.69, 9.17) is 9.94 Å². The molecule has 1 heterocycles. The summed E-state index contributed by atoms with van der Waals surface area (Å²) in [6, 6.07) is 9.87. The Labute approximate surface area is 204 Å². The molecular formula is C23H34FN5O4S. The van der Waals surface area contributed by atoms with Crippen LogP contribution in [0.25, 0.3) is 11.3 Å². The number of aromatic nitrogens is 1. The molecule has 188 valence electrons. The molecule has 2 amide bonds. The number of carbonyl (C=O) groups excluding carboxylic acids is 2. The molecule has 0 aliphatic heterocycles. The Balaban J connectivity index is 0.00000281. The quantitative estimate of drug-likeness (QED) is 0.114. The molecule has 0 saturated heterocycles. The lowest BCUT2D eigenvalue weighted by Crippen LogP contribution is -2.37. The van der Waals surface area contributed by atoms with Crippen molar-refractivity contribution in [1.82, 2.24) is 25.0 Å². The number of hydrogen-bond donors (Lipinski definition) is 3. The molecule has 0 radical (unpaired) electrons. The summed E-state index contributed by atoms with van der Waals surface area (Å²) in [5.41, 5.74) is 2.99. The summed E-state index contributed by atoms with van der Waals surface area (Å²) in [6.07, 6.45) is 2.30. The van der Waals surface area contributed by atoms with Crippen LogP contribution in [0, 0.1) is 5.82 Å². The number of carbonyl (C=O) groups is 2. The standard InChI is InChI=1S/C21H28FN5O4S.C2H6/c1-26(10-12-31-11-7-23-16-28)8-9-27(15-21(29)25-30)32-19-5-6-20(24-14-19)17-3-2-4-18(22)13-17;1-2/h2-6,13-14,16,30H,7-12,15H2,1H3,(H,23,28)(H,25,29);1-2H3. The van der Waals surface area contributed by atoms with E-state index in [1.54, 1.807) is 29.9 Å². The summed E-state index contributed by atoms with van der Waals surface area (Å²) in [6.45, 7) is 7.34. The van der Waals surface area contributed by atoms with Crippen LogP contribution in [0.5, 0.6) is 0 Å². The molecule has 1 aromatic carbocycles. The van der Waals surface area contributed by atoms with Crippen molar-refractivity contribution in [2.24, 2.45) is 0 Å². The van der Waals surface area contributed by atoms with E-state index in [-0.39, 0.29) is 12.4 Å². The summed E-state index contributed by atoms with van der Waals surface area (Å²) in [7, 11) is 1.94. The van der Waals surface area contributed by atoms with Gasteiger partial charge in [0.1, 0.15) is 5.82 Å². The molecule has 0 spiro atoms. The predicted octanol–water partition coefficient (Wildman–Crippen LogP) is 2.42. The zero-order valence-electron chi connectivity index (χ0n) is 19.9. The van der Waals surface area contributed by atoms with Gasteiger partial charge in [0.15, 0.2) is 0 Å². The van der Waals surface area contributed by atoms with E-state index < -0.39 is 5.91 Å². The number of hydroxylamine groups is 1. The molecule has 11 heteroatoms. The molecule has 3 N–H and O–H groups in total. The van der Waals surface area contributed by atoms with Crippen LogP contribution in [0.2, 0.25) is 0 Å². The summed E-state index contributed by atoms with van der Waals surface area (Å²) >= 11 is 1.34. The fourth-order valence-electron chi connectivity index (χ4n) is 2.66. The first-order valence-corrected chi connectivity index (χ1v) is 11.8. The number of ether oxygens (including phenoxy) is 1. The van der Waals surface area contributed by atoms with Crippen molar-refractivity contribution in [3.05, 3.63) is 48.4 Å². The van der Waals surface area contributed by atoms with Crippen molar-refractivity contribution in [2.45, 2.75) is 18.7 Å². The van der Waals surface area contributed by atoms with Crippen molar-refractivity contribution < 1.29 is 23.9 Å². The van der Waals surface area contributed by atoms with Gasteiger partial charge in [-0.05, 0) is 43.3 Å². The van der Waals surface area contributed by atoms with Crippen LogP contribution in [0.3, 0.4) is 0 Å². The van der Waals surface area contributed by atoms with Crippen LogP contribution in [0.4, 0.5) is 4.39 Å². The smallest absolute Gasteiger partial charge is 0.258 e. The van der Waals surface area contributed by atoms with Gasteiger partial charge in [0.25, 0.3) is 5.91 Å². The zero-order chi connectivity index (χ0) is 25.2. The van der Waals surface area contributed by atoms with Crippen LogP contribution < -0.4 is 10.8 Å². The molecule has 0 bridgehead atoms. The molecular weight excluding hydrogens is 461 g/mol. The van der Waals surface area contributed by atoms with E-state index in [2.05, 4.69) is 15.2 Å². The van der Waals surface area contributed by atoms with Crippen LogP contribution in [0.15, 0.2) is 47.5 Å². The van der Waals surface area contributed by atoms with Gasteiger partial charge in [-0.1, -0.05) is 26.0 Å². The highest BCUT2D eigenvalue weighted by Gasteiger charge is 2.14. The number of nitrogens with one attached hydrogen (secondary N) is 2. The van der Waals surface area contributed by atoms with Gasteiger partial charge in [-0.25, -0.2) is 14.2 Å². The van der Waals surface area contributed by atoms with Crippen molar-refractivity contribution in [1.29, 1.82) is 0 Å². The highest BCUT2D eigenvalue weighted by molar-refractivity contribution is 7.97. The van der Waals surface area contributed by atoms with Crippen molar-refractivity contribution in [3.63, 3.8) is 0 Å². The monoisotopic (exact) mass is 495 g/mol. The lowest BCUT2D eigenvalue weighted by atomic mass is 10.1. The fraction of sp³-hybridized carbons (Fsp3) is 0.435. The number of likely N-dealkylation sites (N-methyl/N-ethyl adjacent to an activating group) is 1. The minimum atomic E-state index is -0.518. The minimum absolute atomic E-state index is 0.00544. The Bertz CT molecular complexity index is 844. The lowest BCUT2D eigenvalue weighted by Gasteiger charge is -2.23. The normalized spacial score (nSPS) is 10.6. The minimum Gasteiger partial charge on any atom is -0.378 e. The van der Waals surface area contributed by atoms with Crippen LogP contribution >= 0.6 is 11.9 Å². The van der Waals surface area contributed by atoms with Gasteiger partial charge in [-0.3, -0.25) is 19.8 Å². The Hall–Kier alpha value is -2.57. The fourth-order valence-corrected chi connectivity index (χ4v) is 3.54. The van der Waals surface area contributed by atoms with E-state index in [1.165, 1.54) is 24.1 Å². The first-order valence-electron chi connectivity index (χ1n) is 11.0. The summed E-state index contributed by atoms with van der Waals surface area (Å²) in [5.74, 6) is -0.841. The van der Waals surface area contributed by atoms with Crippen molar-refractivity contribution in [2.75, 3.05) is 53.0 Å². The van der Waals surface area contributed by atoms with Crippen molar-refractivity contribution >= 4 is 24.3 Å². The maximum atomic E-state index is 13.4. The molecule has 0 atom stereocenters. The molecule has 0 saturated carbocycles. The van der Waals surface area contributed by atoms with E-state index in [9.17, 15) is 14.0 Å². The number of rotatable bonds is 15. The third-order valence-corrected chi connectivity index (χ3v) is 5.38. The van der Waals surface area contributed by atoms with Gasteiger partial charge >= 0.3 is 0 Å². The number of halogens is 1. The van der Waals surface area contributed by atoms with Crippen molar-refractivity contribution in [3.8, 4) is 11.3 Å². The highest BCUT2D eigenvalue weighted by Crippen LogP contribution is 2.24. The maximum absolute atomic E-state index is 13.4. The van der Waals surface area contributed by atoms with E-state index in [0.29, 0.717) is 57.1 Å². The average molecular weight is 496 g/mol. The van der Waals surface area contributed by atoms with Gasteiger partial charge in [0, 0.05) is 42.8 Å². The Morgan fingerprint density at radius 3 is 2.65 bits per heavy atom. The largest absolute Gasteiger partial charge is 0.378 e. The zero-order valence-corrected chi connectivity index (χ0v) is 20.7. The third kappa shape index (κ3) is 12.1. The molecule has 1 aromatic heterocycles. The summed E-state index contributed by atoms with van der Waals surface area (Å²) in [4.78, 5) is 29.1. The van der Waals surface area contributed by atoms with Gasteiger partial charge in [-0.15, -0.1) is 0 Å². The molecule has 34 heavy (non-hydrogen) atoms. The molecule has 2 rings (SSSR count). The van der Waals surface area contributed by atoms with Crippen LogP contribution in [0.1, 0.15) is 13.8 Å². The molecule has 0 unspecified atom stereocenters. The molecule has 0 aliphatic rings. The van der Waals surface area contributed by atoms with E-state index in [1.807, 2.05) is 31.3 Å². The highest BCUT2D eigenvalue weighted by atomic mass is 32.2. The number of hydrogen-bond acceptors (Lipinski definition) is 8. The predicted molar refractivity (Wildman–Crippen MR) is 131 cm³/mol. The molecule has 0 aliphatic carbocycles. The van der Waals surface area contributed by atoms with Gasteiger partial charge < -0.3 is 15.0 Å². The summed E-state index contributed by atoms with van der Waals surface area (Å²) < 4.78 is 20.7. The molecule has 9 nitrogen and oxygen atoms in total. The average Bonchev–Trinajstić information content (AvgIpc) is 2.86. The number of benzene rings is 1. The van der Waals surface area contributed by atoms with E-state index >= 15 is 0 Å². The Kier molecular flexibility index (Phi) is 15.5. The maximum Gasteiger partial charge on any atom is 0.258 e. The topological polar surface area (TPSA) is 107 Å².